The summed E-state index contributed by atoms with van der Waals surface area (Å²) in [6, 6.07) is -0.627. The summed E-state index contributed by atoms with van der Waals surface area (Å²) in [6.07, 6.45) is 12.6. The van der Waals surface area contributed by atoms with Gasteiger partial charge in [-0.25, -0.2) is 4.57 Å². The van der Waals surface area contributed by atoms with E-state index < -0.39 is 19.0 Å². The van der Waals surface area contributed by atoms with Gasteiger partial charge in [0.1, 0.15) is 6.04 Å². The van der Waals surface area contributed by atoms with Crippen LogP contribution in [0.3, 0.4) is 0 Å². The van der Waals surface area contributed by atoms with Gasteiger partial charge in [-0.05, 0) is 19.9 Å². The van der Waals surface area contributed by atoms with Gasteiger partial charge in [-0.2, -0.15) is 0 Å². The summed E-state index contributed by atoms with van der Waals surface area (Å²) in [5.74, 6) is -0.798. The first-order chi connectivity index (χ1) is 10.4. The maximum Gasteiger partial charge on any atom is 0.476 e. The molecule has 0 fully saturated rings. The molecule has 0 aromatic carbocycles. The number of carbonyl (C=O) groups excluding carboxylic acids is 1. The van der Waals surface area contributed by atoms with Gasteiger partial charge < -0.3 is 14.7 Å². The van der Waals surface area contributed by atoms with Gasteiger partial charge in [-0.3, -0.25) is 4.79 Å². The van der Waals surface area contributed by atoms with Crippen molar-refractivity contribution in [1.29, 1.82) is 0 Å². The summed E-state index contributed by atoms with van der Waals surface area (Å²) in [6.45, 7) is 0.242. The standard InChI is InChI=1S/C15H31ClNO4P/c1-3-4-5-6-7-8-9-10-11-12-13-17-14(2)15(18)21-22(16,19)20/h14,17H,3-13H2,1-2H3,(H,19,20). The molecule has 0 aliphatic carbocycles. The largest absolute Gasteiger partial charge is 0.476 e. The number of halogens is 1. The Bertz CT molecular complexity index is 336. The zero-order chi connectivity index (χ0) is 16.8. The van der Waals surface area contributed by atoms with E-state index in [-0.39, 0.29) is 0 Å². The smallest absolute Gasteiger partial charge is 0.379 e. The van der Waals surface area contributed by atoms with Crippen LogP contribution >= 0.6 is 18.2 Å². The van der Waals surface area contributed by atoms with Gasteiger partial charge in [0.25, 0.3) is 0 Å². The Morgan fingerprint density at radius 2 is 1.55 bits per heavy atom. The van der Waals surface area contributed by atoms with Crippen molar-refractivity contribution in [3.63, 3.8) is 0 Å². The average molecular weight is 356 g/mol. The number of rotatable bonds is 14. The van der Waals surface area contributed by atoms with Crippen molar-refractivity contribution in [2.75, 3.05) is 6.54 Å². The van der Waals surface area contributed by atoms with Crippen LogP contribution in [-0.2, 0) is 13.9 Å². The zero-order valence-electron chi connectivity index (χ0n) is 13.9. The van der Waals surface area contributed by atoms with Crippen molar-refractivity contribution in [3.05, 3.63) is 0 Å². The molecular formula is C15H31ClNO4P. The Morgan fingerprint density at radius 1 is 1.09 bits per heavy atom. The molecule has 7 heteroatoms. The number of carbonyl (C=O) groups is 1. The van der Waals surface area contributed by atoms with E-state index in [1.807, 2.05) is 0 Å². The Balaban J connectivity index is 3.39. The van der Waals surface area contributed by atoms with Gasteiger partial charge >= 0.3 is 12.9 Å². The fourth-order valence-electron chi connectivity index (χ4n) is 2.20. The lowest BCUT2D eigenvalue weighted by molar-refractivity contribution is -0.136. The Morgan fingerprint density at radius 3 is 2.00 bits per heavy atom. The van der Waals surface area contributed by atoms with E-state index in [0.29, 0.717) is 6.54 Å². The number of nitrogens with one attached hydrogen (secondary N) is 1. The average Bonchev–Trinajstić information content (AvgIpc) is 2.42. The number of hydrogen-bond donors (Lipinski definition) is 2. The van der Waals surface area contributed by atoms with Crippen LogP contribution in [0.2, 0.25) is 0 Å². The molecule has 0 aliphatic rings. The van der Waals surface area contributed by atoms with Gasteiger partial charge in [-0.15, -0.1) is 0 Å². The minimum absolute atomic E-state index is 0.627. The van der Waals surface area contributed by atoms with E-state index in [4.69, 9.17) is 16.1 Å². The highest BCUT2D eigenvalue weighted by Gasteiger charge is 2.24. The molecule has 22 heavy (non-hydrogen) atoms. The number of unbranched alkanes of at least 4 members (excludes halogenated alkanes) is 9. The predicted octanol–water partition coefficient (Wildman–Crippen LogP) is 4.77. The minimum Gasteiger partial charge on any atom is -0.379 e. The van der Waals surface area contributed by atoms with E-state index in [9.17, 15) is 9.36 Å². The molecule has 0 aliphatic heterocycles. The molecule has 0 heterocycles. The van der Waals surface area contributed by atoms with Crippen LogP contribution in [0.15, 0.2) is 0 Å². The molecule has 0 bridgehead atoms. The molecule has 0 spiro atoms. The molecule has 2 N–H and O–H groups in total. The molecule has 0 amide bonds. The van der Waals surface area contributed by atoms with Gasteiger partial charge in [0.15, 0.2) is 0 Å². The molecule has 132 valence electrons. The second-order valence-corrected chi connectivity index (χ2v) is 8.09. The summed E-state index contributed by atoms with van der Waals surface area (Å²) in [7, 11) is 0. The van der Waals surface area contributed by atoms with Crippen LogP contribution in [0.5, 0.6) is 0 Å². The van der Waals surface area contributed by atoms with Crippen LogP contribution in [0, 0.1) is 0 Å². The maximum absolute atomic E-state index is 11.4. The van der Waals surface area contributed by atoms with Crippen molar-refractivity contribution in [1.82, 2.24) is 5.32 Å². The lowest BCUT2D eigenvalue weighted by Crippen LogP contribution is -2.35. The lowest BCUT2D eigenvalue weighted by Gasteiger charge is -2.13. The van der Waals surface area contributed by atoms with E-state index >= 15 is 0 Å². The normalized spacial score (nSPS) is 15.3. The van der Waals surface area contributed by atoms with Crippen molar-refractivity contribution in [2.45, 2.75) is 84.1 Å². The van der Waals surface area contributed by atoms with Crippen LogP contribution < -0.4 is 5.32 Å². The molecule has 0 rings (SSSR count). The number of hydrogen-bond acceptors (Lipinski definition) is 4. The Labute approximate surface area is 139 Å². The molecule has 0 saturated carbocycles. The monoisotopic (exact) mass is 355 g/mol. The van der Waals surface area contributed by atoms with Crippen molar-refractivity contribution in [3.8, 4) is 0 Å². The molecule has 2 atom stereocenters. The first-order valence-corrected chi connectivity index (χ1v) is 10.8. The Kier molecular flexibility index (Phi) is 13.3. The van der Waals surface area contributed by atoms with Gasteiger partial charge in [0, 0.05) is 11.2 Å². The van der Waals surface area contributed by atoms with E-state index in [2.05, 4.69) is 16.8 Å². The molecule has 5 nitrogen and oxygen atoms in total. The summed E-state index contributed by atoms with van der Waals surface area (Å²) in [5, 5.41) is 2.96. The predicted molar refractivity (Wildman–Crippen MR) is 91.1 cm³/mol. The van der Waals surface area contributed by atoms with E-state index in [1.165, 1.54) is 51.4 Å². The third-order valence-corrected chi connectivity index (χ3v) is 4.15. The van der Waals surface area contributed by atoms with E-state index in [0.717, 1.165) is 12.8 Å². The van der Waals surface area contributed by atoms with E-state index in [1.54, 1.807) is 6.92 Å². The van der Waals surface area contributed by atoms with Crippen LogP contribution in [0.4, 0.5) is 0 Å². The maximum atomic E-state index is 11.4. The summed E-state index contributed by atoms with van der Waals surface area (Å²) in [5.41, 5.74) is 0. The van der Waals surface area contributed by atoms with Gasteiger partial charge in [-0.1, -0.05) is 64.7 Å². The Hall–Kier alpha value is -0.0900. The molecule has 0 aromatic heterocycles. The van der Waals surface area contributed by atoms with Crippen molar-refractivity contribution in [2.24, 2.45) is 0 Å². The van der Waals surface area contributed by atoms with Crippen molar-refractivity contribution < 1.29 is 18.8 Å². The third kappa shape index (κ3) is 14.8. The van der Waals surface area contributed by atoms with Crippen LogP contribution in [0.25, 0.3) is 0 Å². The van der Waals surface area contributed by atoms with Crippen molar-refractivity contribution >= 4 is 24.2 Å². The fraction of sp³-hybridized carbons (Fsp3) is 0.933. The van der Waals surface area contributed by atoms with Crippen LogP contribution in [0.1, 0.15) is 78.1 Å². The molecule has 2 unspecified atom stereocenters. The summed E-state index contributed by atoms with van der Waals surface area (Å²) >= 11 is 4.98. The highest BCUT2D eigenvalue weighted by molar-refractivity contribution is 7.80. The second-order valence-electron chi connectivity index (χ2n) is 5.72. The molecule has 0 radical (unpaired) electrons. The highest BCUT2D eigenvalue weighted by Crippen LogP contribution is 2.47. The lowest BCUT2D eigenvalue weighted by atomic mass is 10.1. The third-order valence-electron chi connectivity index (χ3n) is 3.54. The first kappa shape index (κ1) is 21.9. The molecular weight excluding hydrogens is 325 g/mol. The molecule has 0 aromatic rings. The topological polar surface area (TPSA) is 75.6 Å². The highest BCUT2D eigenvalue weighted by atomic mass is 35.7. The summed E-state index contributed by atoms with van der Waals surface area (Å²) < 4.78 is 15.0. The summed E-state index contributed by atoms with van der Waals surface area (Å²) in [4.78, 5) is 20.1. The van der Waals surface area contributed by atoms with Gasteiger partial charge in [0.05, 0.1) is 0 Å². The van der Waals surface area contributed by atoms with Crippen LogP contribution in [-0.4, -0.2) is 23.4 Å². The zero-order valence-corrected chi connectivity index (χ0v) is 15.5. The SMILES string of the molecule is CCCCCCCCCCCCNC(C)C(=O)OP(=O)(O)Cl. The quantitative estimate of drug-likeness (QED) is 0.347. The molecule has 0 saturated heterocycles. The first-order valence-electron chi connectivity index (χ1n) is 8.36. The minimum atomic E-state index is -4.26. The second kappa shape index (κ2) is 13.4. The fourth-order valence-corrected chi connectivity index (χ4v) is 2.79. The van der Waals surface area contributed by atoms with Gasteiger partial charge in [0.2, 0.25) is 0 Å².